The van der Waals surface area contributed by atoms with Gasteiger partial charge in [-0.05, 0) is 43.8 Å². The summed E-state index contributed by atoms with van der Waals surface area (Å²) in [6.45, 7) is 5.74. The number of carbonyl (C=O) groups is 1. The Hall–Kier alpha value is -2.40. The van der Waals surface area contributed by atoms with Crippen molar-refractivity contribution in [2.45, 2.75) is 19.8 Å². The van der Waals surface area contributed by atoms with Crippen LogP contribution in [0.5, 0.6) is 0 Å². The van der Waals surface area contributed by atoms with Gasteiger partial charge in [0.25, 0.3) is 5.91 Å². The van der Waals surface area contributed by atoms with E-state index in [0.717, 1.165) is 12.2 Å². The number of pyridine rings is 1. The summed E-state index contributed by atoms with van der Waals surface area (Å²) in [6.07, 6.45) is 1.65. The summed E-state index contributed by atoms with van der Waals surface area (Å²) >= 11 is 0. The number of benzene rings is 1. The molecule has 0 radical (unpaired) electrons. The first-order valence-corrected chi connectivity index (χ1v) is 8.22. The van der Waals surface area contributed by atoms with Crippen LogP contribution in [0, 0.1) is 0 Å². The lowest BCUT2D eigenvalue weighted by molar-refractivity contribution is 0.0951. The fourth-order valence-electron chi connectivity index (χ4n) is 2.39. The molecular weight excluding hydrogens is 300 g/mol. The summed E-state index contributed by atoms with van der Waals surface area (Å²) in [7, 11) is 3.96. The van der Waals surface area contributed by atoms with E-state index in [-0.39, 0.29) is 5.91 Å². The number of nitrogens with zero attached hydrogens (tertiary/aromatic N) is 2. The lowest BCUT2D eigenvalue weighted by atomic mass is 10.0. The third-order valence-corrected chi connectivity index (χ3v) is 3.71. The maximum Gasteiger partial charge on any atom is 0.251 e. The van der Waals surface area contributed by atoms with Crippen LogP contribution < -0.4 is 10.6 Å². The van der Waals surface area contributed by atoms with Crippen LogP contribution in [-0.2, 0) is 0 Å². The molecule has 1 aromatic heterocycles. The monoisotopic (exact) mass is 326 g/mol. The summed E-state index contributed by atoms with van der Waals surface area (Å²) in [5.74, 6) is 0.994. The average molecular weight is 326 g/mol. The van der Waals surface area contributed by atoms with Gasteiger partial charge in [-0.2, -0.15) is 0 Å². The molecule has 5 nitrogen and oxygen atoms in total. The SMILES string of the molecule is CC(C)c1ccccc1Nc1cc(C(=O)NCCN(C)C)ccn1. The molecule has 2 N–H and O–H groups in total. The van der Waals surface area contributed by atoms with Crippen molar-refractivity contribution in [3.63, 3.8) is 0 Å². The molecule has 0 bridgehead atoms. The number of carbonyl (C=O) groups excluding carboxylic acids is 1. The molecule has 0 fully saturated rings. The lowest BCUT2D eigenvalue weighted by Crippen LogP contribution is -2.31. The van der Waals surface area contributed by atoms with Crippen LogP contribution in [0.15, 0.2) is 42.6 Å². The van der Waals surface area contributed by atoms with Gasteiger partial charge in [-0.15, -0.1) is 0 Å². The minimum Gasteiger partial charge on any atom is -0.351 e. The van der Waals surface area contributed by atoms with Crippen LogP contribution in [0.3, 0.4) is 0 Å². The van der Waals surface area contributed by atoms with Gasteiger partial charge in [0.1, 0.15) is 5.82 Å². The number of nitrogens with one attached hydrogen (secondary N) is 2. The van der Waals surface area contributed by atoms with Gasteiger partial charge < -0.3 is 15.5 Å². The zero-order valence-corrected chi connectivity index (χ0v) is 14.8. The van der Waals surface area contributed by atoms with Crippen LogP contribution in [0.25, 0.3) is 0 Å². The summed E-state index contributed by atoms with van der Waals surface area (Å²) < 4.78 is 0. The number of hydrogen-bond acceptors (Lipinski definition) is 4. The van der Waals surface area contributed by atoms with E-state index in [9.17, 15) is 4.79 Å². The molecule has 0 aliphatic carbocycles. The van der Waals surface area contributed by atoms with Gasteiger partial charge in [0.05, 0.1) is 0 Å². The van der Waals surface area contributed by atoms with Gasteiger partial charge in [-0.25, -0.2) is 4.98 Å². The Balaban J connectivity index is 2.09. The topological polar surface area (TPSA) is 57.3 Å². The minimum absolute atomic E-state index is 0.0838. The highest BCUT2D eigenvalue weighted by Gasteiger charge is 2.09. The molecule has 128 valence electrons. The molecule has 1 aromatic carbocycles. The molecule has 5 heteroatoms. The van der Waals surface area contributed by atoms with E-state index in [0.29, 0.717) is 23.8 Å². The van der Waals surface area contributed by atoms with Crippen LogP contribution in [0.4, 0.5) is 11.5 Å². The highest BCUT2D eigenvalue weighted by atomic mass is 16.1. The number of para-hydroxylation sites is 1. The summed E-state index contributed by atoms with van der Waals surface area (Å²) in [5.41, 5.74) is 2.85. The first-order chi connectivity index (χ1) is 11.5. The summed E-state index contributed by atoms with van der Waals surface area (Å²) in [4.78, 5) is 18.6. The average Bonchev–Trinajstić information content (AvgIpc) is 2.55. The van der Waals surface area contributed by atoms with Crippen molar-refractivity contribution in [2.75, 3.05) is 32.5 Å². The van der Waals surface area contributed by atoms with Crippen molar-refractivity contribution in [1.29, 1.82) is 0 Å². The molecule has 2 rings (SSSR count). The molecule has 2 aromatic rings. The van der Waals surface area contributed by atoms with E-state index in [1.54, 1.807) is 18.3 Å². The largest absolute Gasteiger partial charge is 0.351 e. The maximum absolute atomic E-state index is 12.2. The molecule has 0 spiro atoms. The Morgan fingerprint density at radius 3 is 2.67 bits per heavy atom. The number of rotatable bonds is 7. The minimum atomic E-state index is -0.0838. The van der Waals surface area contributed by atoms with E-state index in [1.165, 1.54) is 5.56 Å². The van der Waals surface area contributed by atoms with Gasteiger partial charge in [0, 0.05) is 30.5 Å². The predicted molar refractivity (Wildman–Crippen MR) is 98.9 cm³/mol. The zero-order chi connectivity index (χ0) is 17.5. The van der Waals surface area contributed by atoms with Gasteiger partial charge in [0.15, 0.2) is 0 Å². The lowest BCUT2D eigenvalue weighted by Gasteiger charge is -2.14. The highest BCUT2D eigenvalue weighted by molar-refractivity contribution is 5.94. The molecule has 1 heterocycles. The summed E-state index contributed by atoms with van der Waals surface area (Å²) in [6, 6.07) is 11.7. The summed E-state index contributed by atoms with van der Waals surface area (Å²) in [5, 5.41) is 6.24. The first-order valence-electron chi connectivity index (χ1n) is 8.22. The van der Waals surface area contributed by atoms with Crippen molar-refractivity contribution in [2.24, 2.45) is 0 Å². The molecule has 24 heavy (non-hydrogen) atoms. The Morgan fingerprint density at radius 1 is 1.21 bits per heavy atom. The second kappa shape index (κ2) is 8.45. The van der Waals surface area contributed by atoms with Crippen LogP contribution in [0.2, 0.25) is 0 Å². The standard InChI is InChI=1S/C19H26N4O/c1-14(2)16-7-5-6-8-17(16)22-18-13-15(9-10-20-18)19(24)21-11-12-23(3)4/h5-10,13-14H,11-12H2,1-4H3,(H,20,22)(H,21,24). The number of likely N-dealkylation sites (N-methyl/N-ethyl adjacent to an activating group) is 1. The van der Waals surface area contributed by atoms with E-state index >= 15 is 0 Å². The van der Waals surface area contributed by atoms with Gasteiger partial charge in [-0.3, -0.25) is 4.79 Å². The van der Waals surface area contributed by atoms with Gasteiger partial charge >= 0.3 is 0 Å². The van der Waals surface area contributed by atoms with E-state index < -0.39 is 0 Å². The number of amides is 1. The quantitative estimate of drug-likeness (QED) is 0.820. The molecule has 0 saturated heterocycles. The second-order valence-electron chi connectivity index (χ2n) is 6.36. The van der Waals surface area contributed by atoms with Gasteiger partial charge in [0.2, 0.25) is 0 Å². The molecular formula is C19H26N4O. The molecule has 0 unspecified atom stereocenters. The third-order valence-electron chi connectivity index (χ3n) is 3.71. The van der Waals surface area contributed by atoms with Crippen LogP contribution in [-0.4, -0.2) is 43.0 Å². The normalized spacial score (nSPS) is 10.9. The van der Waals surface area contributed by atoms with Crippen molar-refractivity contribution in [3.8, 4) is 0 Å². The Kier molecular flexibility index (Phi) is 6.32. The predicted octanol–water partition coefficient (Wildman–Crippen LogP) is 3.24. The Morgan fingerprint density at radius 2 is 1.96 bits per heavy atom. The van der Waals surface area contributed by atoms with Gasteiger partial charge in [-0.1, -0.05) is 32.0 Å². The third kappa shape index (κ3) is 5.06. The van der Waals surface area contributed by atoms with E-state index in [2.05, 4.69) is 35.5 Å². The molecule has 0 aliphatic rings. The first kappa shape index (κ1) is 17.9. The number of aromatic nitrogens is 1. The molecule has 0 atom stereocenters. The van der Waals surface area contributed by atoms with Crippen molar-refractivity contribution < 1.29 is 4.79 Å². The smallest absolute Gasteiger partial charge is 0.251 e. The molecule has 1 amide bonds. The Labute approximate surface area is 144 Å². The highest BCUT2D eigenvalue weighted by Crippen LogP contribution is 2.26. The maximum atomic E-state index is 12.2. The second-order valence-corrected chi connectivity index (χ2v) is 6.36. The number of hydrogen-bond donors (Lipinski definition) is 2. The van der Waals surface area contributed by atoms with Crippen LogP contribution in [0.1, 0.15) is 35.7 Å². The Bertz CT molecular complexity index is 683. The van der Waals surface area contributed by atoms with Crippen molar-refractivity contribution in [1.82, 2.24) is 15.2 Å². The zero-order valence-electron chi connectivity index (χ0n) is 14.8. The fourth-order valence-corrected chi connectivity index (χ4v) is 2.39. The van der Waals surface area contributed by atoms with Crippen molar-refractivity contribution >= 4 is 17.4 Å². The van der Waals surface area contributed by atoms with E-state index in [1.807, 2.05) is 37.2 Å². The fraction of sp³-hybridized carbons (Fsp3) is 0.368. The number of anilines is 2. The van der Waals surface area contributed by atoms with Crippen molar-refractivity contribution in [3.05, 3.63) is 53.7 Å². The molecule has 0 saturated carbocycles. The molecule has 0 aliphatic heterocycles. The van der Waals surface area contributed by atoms with Crippen LogP contribution >= 0.6 is 0 Å². The van der Waals surface area contributed by atoms with E-state index in [4.69, 9.17) is 0 Å².